The van der Waals surface area contributed by atoms with Gasteiger partial charge in [0.1, 0.15) is 0 Å². The fraction of sp³-hybridized carbons (Fsp3) is 0.300. The number of nitrogen functional groups attached to an aromatic ring is 1. The molecule has 0 saturated carbocycles. The zero-order valence-corrected chi connectivity index (χ0v) is 15.6. The minimum Gasteiger partial charge on any atom is -0.398 e. The predicted molar refractivity (Wildman–Crippen MR) is 110 cm³/mol. The molecule has 0 fully saturated rings. The van der Waals surface area contributed by atoms with Gasteiger partial charge in [-0.05, 0) is 36.6 Å². The van der Waals surface area contributed by atoms with Crippen molar-refractivity contribution in [3.05, 3.63) is 48.5 Å². The second-order valence-corrected chi connectivity index (χ2v) is 6.35. The first-order valence-electron chi connectivity index (χ1n) is 8.72. The summed E-state index contributed by atoms with van der Waals surface area (Å²) in [6, 6.07) is 15.4. The topological polar surface area (TPSA) is 84.2 Å². The van der Waals surface area contributed by atoms with E-state index >= 15 is 0 Å². The summed E-state index contributed by atoms with van der Waals surface area (Å²) in [6.07, 6.45) is 3.02. The number of hydrogen-bond acceptors (Lipinski definition) is 4. The number of para-hydroxylation sites is 1. The molecule has 0 aliphatic carbocycles. The molecule has 5 nitrogen and oxygen atoms in total. The Morgan fingerprint density at radius 3 is 2.35 bits per heavy atom. The molecule has 138 valence electrons. The van der Waals surface area contributed by atoms with Crippen LogP contribution in [0.5, 0.6) is 0 Å². The highest BCUT2D eigenvalue weighted by molar-refractivity contribution is 7.81. The summed E-state index contributed by atoms with van der Waals surface area (Å²) < 4.78 is 0. The van der Waals surface area contributed by atoms with Gasteiger partial charge < -0.3 is 16.4 Å². The van der Waals surface area contributed by atoms with Gasteiger partial charge in [-0.2, -0.15) is 12.6 Å². The average Bonchev–Trinajstić information content (AvgIpc) is 2.65. The van der Waals surface area contributed by atoms with E-state index in [-0.39, 0.29) is 17.6 Å². The Balaban J connectivity index is 1.72. The van der Waals surface area contributed by atoms with Crippen LogP contribution in [0.3, 0.4) is 0 Å². The standard InChI is InChI=1S/C20H25N3O2S/c21-18-7-4-3-6-17(18)15-9-11-16(12-10-15)23-19(24)8-2-1-5-13-22-20(25)14-26/h3-4,6-7,9-12,26H,1-2,5,8,13-14,21H2,(H,22,25)(H,23,24). The molecule has 0 spiro atoms. The van der Waals surface area contributed by atoms with Crippen molar-refractivity contribution in [1.82, 2.24) is 5.32 Å². The van der Waals surface area contributed by atoms with Crippen LogP contribution in [-0.4, -0.2) is 24.1 Å². The summed E-state index contributed by atoms with van der Waals surface area (Å²) in [7, 11) is 0. The van der Waals surface area contributed by atoms with Crippen molar-refractivity contribution in [3.63, 3.8) is 0 Å². The molecule has 6 heteroatoms. The Bertz CT molecular complexity index is 732. The number of thiol groups is 1. The minimum absolute atomic E-state index is 0.00336. The monoisotopic (exact) mass is 371 g/mol. The van der Waals surface area contributed by atoms with E-state index in [1.165, 1.54) is 0 Å². The van der Waals surface area contributed by atoms with E-state index in [0.717, 1.165) is 41.8 Å². The lowest BCUT2D eigenvalue weighted by Gasteiger charge is -2.08. The van der Waals surface area contributed by atoms with Gasteiger partial charge in [-0.15, -0.1) is 0 Å². The van der Waals surface area contributed by atoms with Crippen molar-refractivity contribution >= 4 is 35.8 Å². The second kappa shape index (κ2) is 10.5. The number of benzene rings is 2. The molecule has 0 aromatic heterocycles. The average molecular weight is 372 g/mol. The van der Waals surface area contributed by atoms with Gasteiger partial charge in [0.2, 0.25) is 11.8 Å². The summed E-state index contributed by atoms with van der Waals surface area (Å²) >= 11 is 3.89. The molecule has 0 aliphatic heterocycles. The maximum atomic E-state index is 12.0. The Hall–Kier alpha value is -2.47. The first-order valence-corrected chi connectivity index (χ1v) is 9.35. The molecule has 0 saturated heterocycles. The first-order chi connectivity index (χ1) is 12.6. The Morgan fingerprint density at radius 1 is 0.923 bits per heavy atom. The Labute approximate surface area is 159 Å². The van der Waals surface area contributed by atoms with E-state index in [4.69, 9.17) is 5.73 Å². The number of rotatable bonds is 9. The highest BCUT2D eigenvalue weighted by Gasteiger charge is 2.05. The van der Waals surface area contributed by atoms with Crippen molar-refractivity contribution in [1.29, 1.82) is 0 Å². The third-order valence-corrected chi connectivity index (χ3v) is 4.27. The smallest absolute Gasteiger partial charge is 0.229 e. The molecule has 0 bridgehead atoms. The number of hydrogen-bond donors (Lipinski definition) is 4. The number of nitrogens with two attached hydrogens (primary N) is 1. The van der Waals surface area contributed by atoms with Crippen molar-refractivity contribution in [2.24, 2.45) is 0 Å². The molecule has 26 heavy (non-hydrogen) atoms. The number of unbranched alkanes of at least 4 members (excludes halogenated alkanes) is 2. The van der Waals surface area contributed by atoms with Crippen LogP contribution in [0.4, 0.5) is 11.4 Å². The SMILES string of the molecule is Nc1ccccc1-c1ccc(NC(=O)CCCCCNC(=O)CS)cc1. The molecule has 0 radical (unpaired) electrons. The zero-order valence-electron chi connectivity index (χ0n) is 14.7. The summed E-state index contributed by atoms with van der Waals surface area (Å²) in [5.41, 5.74) is 9.49. The van der Waals surface area contributed by atoms with Crippen LogP contribution in [0.15, 0.2) is 48.5 Å². The van der Waals surface area contributed by atoms with E-state index in [9.17, 15) is 9.59 Å². The highest BCUT2D eigenvalue weighted by Crippen LogP contribution is 2.26. The predicted octanol–water partition coefficient (Wildman–Crippen LogP) is 3.48. The molecular formula is C20H25N3O2S. The van der Waals surface area contributed by atoms with E-state index in [2.05, 4.69) is 23.3 Å². The van der Waals surface area contributed by atoms with Gasteiger partial charge in [0, 0.05) is 29.9 Å². The van der Waals surface area contributed by atoms with Crippen molar-refractivity contribution in [2.45, 2.75) is 25.7 Å². The van der Waals surface area contributed by atoms with Crippen LogP contribution in [0.1, 0.15) is 25.7 Å². The summed E-state index contributed by atoms with van der Waals surface area (Å²) in [5, 5.41) is 5.66. The molecule has 2 rings (SSSR count). The van der Waals surface area contributed by atoms with Gasteiger partial charge >= 0.3 is 0 Å². The number of carbonyl (C=O) groups excluding carboxylic acids is 2. The molecule has 2 aromatic rings. The molecule has 0 aliphatic rings. The van der Waals surface area contributed by atoms with Crippen molar-refractivity contribution < 1.29 is 9.59 Å². The molecule has 0 heterocycles. The quantitative estimate of drug-likeness (QED) is 0.309. The normalized spacial score (nSPS) is 10.3. The number of carbonyl (C=O) groups is 2. The lowest BCUT2D eigenvalue weighted by molar-refractivity contribution is -0.118. The number of nitrogens with one attached hydrogen (secondary N) is 2. The molecular weight excluding hydrogens is 346 g/mol. The summed E-state index contributed by atoms with van der Waals surface area (Å²) in [4.78, 5) is 23.0. The van der Waals surface area contributed by atoms with Crippen LogP contribution in [0.2, 0.25) is 0 Å². The minimum atomic E-state index is -0.0632. The zero-order chi connectivity index (χ0) is 18.8. The van der Waals surface area contributed by atoms with Gasteiger partial charge in [-0.3, -0.25) is 9.59 Å². The molecule has 0 atom stereocenters. The Kier molecular flexibility index (Phi) is 8.02. The lowest BCUT2D eigenvalue weighted by atomic mass is 10.0. The molecule has 2 aromatic carbocycles. The van der Waals surface area contributed by atoms with Gasteiger partial charge in [0.15, 0.2) is 0 Å². The second-order valence-electron chi connectivity index (χ2n) is 6.03. The van der Waals surface area contributed by atoms with Gasteiger partial charge in [0.05, 0.1) is 5.75 Å². The van der Waals surface area contributed by atoms with Gasteiger partial charge in [-0.1, -0.05) is 36.8 Å². The lowest BCUT2D eigenvalue weighted by Crippen LogP contribution is -2.25. The molecule has 2 amide bonds. The van der Waals surface area contributed by atoms with E-state index in [1.807, 2.05) is 48.5 Å². The fourth-order valence-corrected chi connectivity index (χ4v) is 2.70. The largest absolute Gasteiger partial charge is 0.398 e. The maximum absolute atomic E-state index is 12.0. The van der Waals surface area contributed by atoms with E-state index in [1.54, 1.807) is 0 Å². The number of amides is 2. The van der Waals surface area contributed by atoms with E-state index in [0.29, 0.717) is 13.0 Å². The maximum Gasteiger partial charge on any atom is 0.229 e. The summed E-state index contributed by atoms with van der Waals surface area (Å²) in [5.74, 6) is 0.140. The van der Waals surface area contributed by atoms with Crippen LogP contribution in [-0.2, 0) is 9.59 Å². The van der Waals surface area contributed by atoms with Gasteiger partial charge in [-0.25, -0.2) is 0 Å². The third kappa shape index (κ3) is 6.44. The third-order valence-electron chi connectivity index (χ3n) is 3.99. The number of anilines is 2. The molecule has 4 N–H and O–H groups in total. The van der Waals surface area contributed by atoms with E-state index < -0.39 is 0 Å². The van der Waals surface area contributed by atoms with Crippen LogP contribution < -0.4 is 16.4 Å². The van der Waals surface area contributed by atoms with Gasteiger partial charge in [0.25, 0.3) is 0 Å². The highest BCUT2D eigenvalue weighted by atomic mass is 32.1. The summed E-state index contributed by atoms with van der Waals surface area (Å²) in [6.45, 7) is 0.630. The van der Waals surface area contributed by atoms with Crippen LogP contribution >= 0.6 is 12.6 Å². The fourth-order valence-electron chi connectivity index (χ4n) is 2.59. The molecule has 0 unspecified atom stereocenters. The first kappa shape index (κ1) is 19.8. The van der Waals surface area contributed by atoms with Crippen molar-refractivity contribution in [3.8, 4) is 11.1 Å². The van der Waals surface area contributed by atoms with Crippen molar-refractivity contribution in [2.75, 3.05) is 23.3 Å². The van der Waals surface area contributed by atoms with Crippen LogP contribution in [0.25, 0.3) is 11.1 Å². The van der Waals surface area contributed by atoms with Crippen LogP contribution in [0, 0.1) is 0 Å². The Morgan fingerprint density at radius 2 is 1.65 bits per heavy atom.